The largest absolute Gasteiger partial charge is 0.346 e. The molecule has 5 rings (SSSR count). The minimum atomic E-state index is -0.939. The van der Waals surface area contributed by atoms with Gasteiger partial charge in [0.2, 0.25) is 0 Å². The first kappa shape index (κ1) is 26.0. The normalized spacial score (nSPS) is 13.7. The molecule has 3 heterocycles. The lowest BCUT2D eigenvalue weighted by Gasteiger charge is -2.24. The van der Waals surface area contributed by atoms with Crippen LogP contribution >= 0.6 is 34.5 Å². The highest BCUT2D eigenvalue weighted by molar-refractivity contribution is 7.18. The molecule has 2 aromatic carbocycles. The highest BCUT2D eigenvalue weighted by Gasteiger charge is 2.37. The molecule has 2 aromatic heterocycles. The summed E-state index contributed by atoms with van der Waals surface area (Å²) in [6, 6.07) is 9.94. The van der Waals surface area contributed by atoms with E-state index >= 15 is 0 Å². The van der Waals surface area contributed by atoms with Crippen molar-refractivity contribution in [1.29, 1.82) is 0 Å². The average molecular weight is 575 g/mol. The molecule has 7 nitrogen and oxygen atoms in total. The monoisotopic (exact) mass is 574 g/mol. The molecule has 0 spiro atoms. The van der Waals surface area contributed by atoms with E-state index in [0.29, 0.717) is 20.6 Å². The van der Waals surface area contributed by atoms with E-state index in [2.05, 4.69) is 10.4 Å². The molecule has 0 radical (unpaired) electrons. The summed E-state index contributed by atoms with van der Waals surface area (Å²) < 4.78 is 30.2. The molecule has 0 unspecified atom stereocenters. The van der Waals surface area contributed by atoms with Gasteiger partial charge in [-0.2, -0.15) is 5.10 Å². The first-order chi connectivity index (χ1) is 18.1. The number of imide groups is 1. The number of thiophene rings is 1. The van der Waals surface area contributed by atoms with Gasteiger partial charge in [0.15, 0.2) is 0 Å². The van der Waals surface area contributed by atoms with Crippen LogP contribution in [0.15, 0.2) is 54.7 Å². The molecule has 0 bridgehead atoms. The van der Waals surface area contributed by atoms with Crippen LogP contribution in [0.1, 0.15) is 36.0 Å². The van der Waals surface area contributed by atoms with Crippen LogP contribution in [0.5, 0.6) is 0 Å². The number of fused-ring (bicyclic) bond motifs is 1. The third-order valence-corrected chi connectivity index (χ3v) is 7.78. The van der Waals surface area contributed by atoms with Gasteiger partial charge in [0, 0.05) is 19.2 Å². The molecule has 1 aliphatic rings. The van der Waals surface area contributed by atoms with E-state index in [4.69, 9.17) is 23.2 Å². The fraction of sp³-hybridized carbons (Fsp3) is 0.154. The van der Waals surface area contributed by atoms with E-state index in [9.17, 15) is 23.2 Å². The Morgan fingerprint density at radius 1 is 1.05 bits per heavy atom. The van der Waals surface area contributed by atoms with Crippen LogP contribution in [-0.4, -0.2) is 45.0 Å². The lowest BCUT2D eigenvalue weighted by molar-refractivity contribution is 0.0629. The molecule has 38 heavy (non-hydrogen) atoms. The number of nitrogens with one attached hydrogen (secondary N) is 1. The van der Waals surface area contributed by atoms with Crippen molar-refractivity contribution in [3.63, 3.8) is 0 Å². The van der Waals surface area contributed by atoms with E-state index < -0.39 is 35.4 Å². The summed E-state index contributed by atoms with van der Waals surface area (Å²) in [5, 5.41) is 7.19. The van der Waals surface area contributed by atoms with E-state index in [1.807, 2.05) is 0 Å². The van der Waals surface area contributed by atoms with Gasteiger partial charge in [0.25, 0.3) is 17.7 Å². The quantitative estimate of drug-likeness (QED) is 0.301. The summed E-state index contributed by atoms with van der Waals surface area (Å²) in [5.41, 5.74) is 1.49. The molecule has 0 saturated carbocycles. The van der Waals surface area contributed by atoms with Crippen LogP contribution in [0.3, 0.4) is 0 Å². The van der Waals surface area contributed by atoms with Crippen molar-refractivity contribution in [2.75, 3.05) is 6.54 Å². The second-order valence-electron chi connectivity index (χ2n) is 8.64. The zero-order valence-corrected chi connectivity index (χ0v) is 22.0. The van der Waals surface area contributed by atoms with Gasteiger partial charge < -0.3 is 5.32 Å². The molecule has 0 fully saturated rings. The summed E-state index contributed by atoms with van der Waals surface area (Å²) in [6.07, 6.45) is 1.28. The second-order valence-corrected chi connectivity index (χ2v) is 10.7. The molecule has 4 aromatic rings. The van der Waals surface area contributed by atoms with Gasteiger partial charge in [0.1, 0.15) is 16.0 Å². The summed E-state index contributed by atoms with van der Waals surface area (Å²) >= 11 is 13.6. The Hall–Kier alpha value is -3.60. The van der Waals surface area contributed by atoms with Crippen LogP contribution in [0, 0.1) is 11.6 Å². The Morgan fingerprint density at radius 3 is 2.37 bits per heavy atom. The first-order valence-corrected chi connectivity index (χ1v) is 12.9. The first-order valence-electron chi connectivity index (χ1n) is 11.3. The molecule has 3 amide bonds. The molecular weight excluding hydrogens is 557 g/mol. The van der Waals surface area contributed by atoms with Gasteiger partial charge >= 0.3 is 0 Å². The van der Waals surface area contributed by atoms with Crippen LogP contribution in [0.25, 0.3) is 11.3 Å². The maximum absolute atomic E-state index is 14.5. The number of rotatable bonds is 7. The van der Waals surface area contributed by atoms with Crippen LogP contribution in [0.4, 0.5) is 8.78 Å². The summed E-state index contributed by atoms with van der Waals surface area (Å²) in [4.78, 5) is 40.4. The highest BCUT2D eigenvalue weighted by atomic mass is 35.5. The van der Waals surface area contributed by atoms with Gasteiger partial charge in [-0.15, -0.1) is 11.3 Å². The van der Waals surface area contributed by atoms with Gasteiger partial charge in [-0.3, -0.25) is 24.0 Å². The number of hydrogen-bond donors (Lipinski definition) is 1. The maximum atomic E-state index is 14.5. The van der Waals surface area contributed by atoms with Crippen LogP contribution in [-0.2, 0) is 13.5 Å². The van der Waals surface area contributed by atoms with Gasteiger partial charge in [-0.05, 0) is 48.4 Å². The van der Waals surface area contributed by atoms with E-state index in [1.165, 1.54) is 23.0 Å². The maximum Gasteiger partial charge on any atom is 0.261 e. The number of carbonyl (C=O) groups is 3. The third-order valence-electron chi connectivity index (χ3n) is 6.15. The number of aryl methyl sites for hydroxylation is 1. The van der Waals surface area contributed by atoms with Crippen molar-refractivity contribution in [1.82, 2.24) is 20.0 Å². The van der Waals surface area contributed by atoms with E-state index in [-0.39, 0.29) is 34.5 Å². The third kappa shape index (κ3) is 4.82. The Labute approximate surface area is 229 Å². The van der Waals surface area contributed by atoms with Gasteiger partial charge in [0.05, 0.1) is 39.0 Å². The number of amides is 3. The number of aromatic nitrogens is 2. The molecule has 12 heteroatoms. The van der Waals surface area contributed by atoms with Crippen LogP contribution < -0.4 is 5.32 Å². The molecule has 1 atom stereocenters. The molecule has 0 saturated heterocycles. The number of hydrogen-bond acceptors (Lipinski definition) is 5. The Balaban J connectivity index is 1.44. The second kappa shape index (κ2) is 10.3. The van der Waals surface area contributed by atoms with E-state index in [1.54, 1.807) is 25.2 Å². The van der Waals surface area contributed by atoms with Crippen molar-refractivity contribution >= 4 is 52.3 Å². The number of benzene rings is 2. The predicted molar refractivity (Wildman–Crippen MR) is 140 cm³/mol. The molecule has 0 aliphatic carbocycles. The van der Waals surface area contributed by atoms with Crippen LogP contribution in [0.2, 0.25) is 9.36 Å². The van der Waals surface area contributed by atoms with Crippen molar-refractivity contribution in [2.45, 2.75) is 12.5 Å². The minimum absolute atomic E-state index is 0.0153. The fourth-order valence-electron chi connectivity index (χ4n) is 4.36. The van der Waals surface area contributed by atoms with E-state index in [0.717, 1.165) is 34.4 Å². The number of nitrogens with zero attached hydrogens (tertiary/aromatic N) is 3. The van der Waals surface area contributed by atoms with Crippen molar-refractivity contribution in [2.24, 2.45) is 7.05 Å². The molecule has 194 valence electrons. The zero-order valence-electron chi connectivity index (χ0n) is 19.7. The molecule has 1 N–H and O–H groups in total. The fourth-order valence-corrected chi connectivity index (χ4v) is 5.81. The van der Waals surface area contributed by atoms with Gasteiger partial charge in [-0.25, -0.2) is 8.78 Å². The Morgan fingerprint density at radius 2 is 1.74 bits per heavy atom. The summed E-state index contributed by atoms with van der Waals surface area (Å²) in [7, 11) is 1.68. The lowest BCUT2D eigenvalue weighted by atomic mass is 10.0. The molecular formula is C26H18Cl2F2N4O3S. The average Bonchev–Trinajstić information content (AvgIpc) is 3.50. The highest BCUT2D eigenvalue weighted by Crippen LogP contribution is 2.38. The topological polar surface area (TPSA) is 84.3 Å². The summed E-state index contributed by atoms with van der Waals surface area (Å²) in [5.74, 6) is -2.97. The van der Waals surface area contributed by atoms with Gasteiger partial charge in [-0.1, -0.05) is 35.3 Å². The predicted octanol–water partition coefficient (Wildman–Crippen LogP) is 5.37. The number of carbonyl (C=O) groups excluding carboxylic acids is 3. The molecule has 1 aliphatic heterocycles. The SMILES string of the molecule is Cn1ncc(Cl)c1-c1cc(C(=O)N[C@@H](Cc2cc(F)ccc2F)CN2C(=O)c3ccccc3C2=O)sc1Cl. The summed E-state index contributed by atoms with van der Waals surface area (Å²) in [6.45, 7) is -0.256. The Kier molecular flexibility index (Phi) is 7.04. The zero-order chi connectivity index (χ0) is 27.1. The smallest absolute Gasteiger partial charge is 0.261 e. The standard InChI is InChI=1S/C26H18Cl2F2N4O3S/c1-33-22(19(27)11-31-33)18-10-21(38-23(18)28)24(35)32-15(9-13-8-14(29)6-7-20(13)30)12-34-25(36)16-4-2-3-5-17(16)26(34)37/h2-8,10-11,15H,9,12H2,1H3,(H,32,35)/t15-/m0/s1. The van der Waals surface area contributed by atoms with Crippen molar-refractivity contribution < 1.29 is 23.2 Å². The van der Waals surface area contributed by atoms with Crippen molar-refractivity contribution in [3.8, 4) is 11.3 Å². The minimum Gasteiger partial charge on any atom is -0.346 e. The lowest BCUT2D eigenvalue weighted by Crippen LogP contribution is -2.47. The Bertz CT molecular complexity index is 1550. The van der Waals surface area contributed by atoms with Crippen molar-refractivity contribution in [3.05, 3.63) is 97.3 Å². The number of halogens is 4.